The van der Waals surface area contributed by atoms with Crippen molar-refractivity contribution in [1.82, 2.24) is 9.38 Å². The van der Waals surface area contributed by atoms with Crippen LogP contribution in [0.4, 0.5) is 11.6 Å². The summed E-state index contributed by atoms with van der Waals surface area (Å²) in [6, 6.07) is 12.5. The van der Waals surface area contributed by atoms with Crippen LogP contribution in [0.3, 0.4) is 0 Å². The predicted octanol–water partition coefficient (Wildman–Crippen LogP) is 2.77. The maximum atomic E-state index is 11.4. The Kier molecular flexibility index (Phi) is 4.69. The van der Waals surface area contributed by atoms with Crippen LogP contribution in [0.2, 0.25) is 0 Å². The molecule has 0 saturated heterocycles. The number of benzene rings is 1. The van der Waals surface area contributed by atoms with Crippen molar-refractivity contribution in [3.8, 4) is 11.5 Å². The lowest BCUT2D eigenvalue weighted by molar-refractivity contribution is -0.389. The van der Waals surface area contributed by atoms with E-state index in [-0.39, 0.29) is 5.82 Å². The number of fused-ring (bicyclic) bond motifs is 1. The minimum atomic E-state index is -0.420. The van der Waals surface area contributed by atoms with E-state index >= 15 is 0 Å². The van der Waals surface area contributed by atoms with Crippen LogP contribution in [0, 0.1) is 10.1 Å². The second-order valence-electron chi connectivity index (χ2n) is 5.39. The molecule has 0 aliphatic heterocycles. The van der Waals surface area contributed by atoms with Gasteiger partial charge in [0, 0.05) is 13.1 Å². The fourth-order valence-corrected chi connectivity index (χ4v) is 2.47. The largest absolute Gasteiger partial charge is 0.497 e. The number of hydrogen-bond acceptors (Lipinski definition) is 6. The zero-order valence-electron chi connectivity index (χ0n) is 14.0. The third-order valence-electron chi connectivity index (χ3n) is 3.78. The van der Waals surface area contributed by atoms with Crippen LogP contribution >= 0.6 is 0 Å². The quantitative estimate of drug-likeness (QED) is 0.485. The molecule has 3 aromatic rings. The van der Waals surface area contributed by atoms with Crippen molar-refractivity contribution >= 4 is 17.3 Å². The second kappa shape index (κ2) is 7.08. The molecule has 0 fully saturated rings. The van der Waals surface area contributed by atoms with Gasteiger partial charge in [-0.25, -0.2) is 0 Å². The van der Waals surface area contributed by atoms with E-state index in [9.17, 15) is 10.1 Å². The normalized spacial score (nSPS) is 10.6. The molecule has 8 heteroatoms. The summed E-state index contributed by atoms with van der Waals surface area (Å²) in [7, 11) is 3.36. The molecule has 0 N–H and O–H groups in total. The Morgan fingerprint density at radius 1 is 1.20 bits per heavy atom. The van der Waals surface area contributed by atoms with Crippen molar-refractivity contribution in [2.45, 2.75) is 0 Å². The van der Waals surface area contributed by atoms with Gasteiger partial charge >= 0.3 is 5.82 Å². The Bertz CT molecular complexity index is 876. The molecule has 0 aliphatic rings. The van der Waals surface area contributed by atoms with Gasteiger partial charge in [0.2, 0.25) is 11.5 Å². The molecule has 8 nitrogen and oxygen atoms in total. The van der Waals surface area contributed by atoms with Gasteiger partial charge in [0.15, 0.2) is 0 Å². The molecule has 0 unspecified atom stereocenters. The summed E-state index contributed by atoms with van der Waals surface area (Å²) >= 11 is 0. The van der Waals surface area contributed by atoms with Crippen LogP contribution in [0.15, 0.2) is 48.7 Å². The number of nitro groups is 1. The summed E-state index contributed by atoms with van der Waals surface area (Å²) in [6.45, 7) is 0.824. The van der Waals surface area contributed by atoms with Crippen LogP contribution < -0.4 is 14.4 Å². The smallest absolute Gasteiger partial charge is 0.372 e. The first-order valence-corrected chi connectivity index (χ1v) is 7.69. The summed E-state index contributed by atoms with van der Waals surface area (Å²) in [6.07, 6.45) is 1.63. The molecule has 0 bridgehead atoms. The lowest BCUT2D eigenvalue weighted by Gasteiger charge is -2.16. The highest BCUT2D eigenvalue weighted by atomic mass is 16.6. The topological polar surface area (TPSA) is 82.1 Å². The highest BCUT2D eigenvalue weighted by Crippen LogP contribution is 2.27. The number of anilines is 1. The maximum Gasteiger partial charge on any atom is 0.372 e. The number of hydrogen-bond donors (Lipinski definition) is 0. The van der Waals surface area contributed by atoms with Crippen LogP contribution in [0.1, 0.15) is 0 Å². The highest BCUT2D eigenvalue weighted by Gasteiger charge is 2.24. The van der Waals surface area contributed by atoms with Gasteiger partial charge in [-0.3, -0.25) is 0 Å². The zero-order chi connectivity index (χ0) is 17.8. The van der Waals surface area contributed by atoms with Crippen LogP contribution in [0.5, 0.6) is 11.5 Å². The van der Waals surface area contributed by atoms with E-state index < -0.39 is 4.92 Å². The van der Waals surface area contributed by atoms with Gasteiger partial charge in [-0.05, 0) is 35.3 Å². The number of pyridine rings is 1. The SMILES string of the molecule is COc1ccc(OCCN(C)c2nc3ccccn3c2[N+](=O)[O-])cc1. The Balaban J connectivity index is 1.70. The number of methoxy groups -OCH3 is 1. The number of ether oxygens (including phenoxy) is 2. The number of rotatable bonds is 7. The molecular formula is C17H18N4O4. The van der Waals surface area contributed by atoms with E-state index in [1.165, 1.54) is 4.40 Å². The molecular weight excluding hydrogens is 324 g/mol. The van der Waals surface area contributed by atoms with E-state index in [1.54, 1.807) is 43.5 Å². The standard InChI is InChI=1S/C17H18N4O4/c1-19(11-12-25-14-8-6-13(24-2)7-9-14)16-17(21(22)23)20-10-4-3-5-15(20)18-16/h3-10H,11-12H2,1-2H3. The molecule has 0 amide bonds. The molecule has 3 rings (SSSR count). The Labute approximate surface area is 144 Å². The molecule has 0 radical (unpaired) electrons. The number of likely N-dealkylation sites (N-methyl/N-ethyl adjacent to an activating group) is 1. The first-order chi connectivity index (χ1) is 12.1. The monoisotopic (exact) mass is 342 g/mol. The van der Waals surface area contributed by atoms with E-state index in [0.717, 1.165) is 5.75 Å². The van der Waals surface area contributed by atoms with E-state index in [4.69, 9.17) is 9.47 Å². The third kappa shape index (κ3) is 3.47. The number of nitrogens with zero attached hydrogens (tertiary/aromatic N) is 4. The van der Waals surface area contributed by atoms with Crippen molar-refractivity contribution in [3.63, 3.8) is 0 Å². The van der Waals surface area contributed by atoms with Gasteiger partial charge in [-0.15, -0.1) is 0 Å². The number of aromatic nitrogens is 2. The molecule has 1 aromatic carbocycles. The van der Waals surface area contributed by atoms with Crippen molar-refractivity contribution in [2.75, 3.05) is 32.2 Å². The second-order valence-corrected chi connectivity index (χ2v) is 5.39. The number of imidazole rings is 1. The Morgan fingerprint density at radius 3 is 2.60 bits per heavy atom. The lowest BCUT2D eigenvalue weighted by Crippen LogP contribution is -2.24. The van der Waals surface area contributed by atoms with Gasteiger partial charge in [0.1, 0.15) is 18.1 Å². The summed E-state index contributed by atoms with van der Waals surface area (Å²) in [4.78, 5) is 17.1. The van der Waals surface area contributed by atoms with Gasteiger partial charge in [-0.2, -0.15) is 9.38 Å². The minimum Gasteiger partial charge on any atom is -0.497 e. The minimum absolute atomic E-state index is 0.0532. The molecule has 0 saturated carbocycles. The van der Waals surface area contributed by atoms with E-state index in [2.05, 4.69) is 4.98 Å². The molecule has 2 heterocycles. The third-order valence-corrected chi connectivity index (χ3v) is 3.78. The van der Waals surface area contributed by atoms with Crippen LogP contribution in [-0.4, -0.2) is 41.6 Å². The van der Waals surface area contributed by atoms with Gasteiger partial charge < -0.3 is 24.5 Å². The molecule has 0 atom stereocenters. The van der Waals surface area contributed by atoms with Crippen LogP contribution in [-0.2, 0) is 0 Å². The fourth-order valence-electron chi connectivity index (χ4n) is 2.47. The van der Waals surface area contributed by atoms with Crippen molar-refractivity contribution in [1.29, 1.82) is 0 Å². The first-order valence-electron chi connectivity index (χ1n) is 7.69. The van der Waals surface area contributed by atoms with Gasteiger partial charge in [0.05, 0.1) is 19.9 Å². The first kappa shape index (κ1) is 16.6. The molecule has 0 spiro atoms. The molecule has 2 aromatic heterocycles. The van der Waals surface area contributed by atoms with E-state index in [0.29, 0.717) is 30.4 Å². The highest BCUT2D eigenvalue weighted by molar-refractivity contribution is 5.63. The van der Waals surface area contributed by atoms with Crippen molar-refractivity contribution in [2.24, 2.45) is 0 Å². The summed E-state index contributed by atoms with van der Waals surface area (Å²) in [5.41, 5.74) is 0.534. The van der Waals surface area contributed by atoms with Gasteiger partial charge in [-0.1, -0.05) is 6.07 Å². The zero-order valence-corrected chi connectivity index (χ0v) is 14.0. The molecule has 130 valence electrons. The van der Waals surface area contributed by atoms with Gasteiger partial charge in [0.25, 0.3) is 0 Å². The summed E-state index contributed by atoms with van der Waals surface area (Å²) in [5, 5.41) is 11.4. The maximum absolute atomic E-state index is 11.4. The van der Waals surface area contributed by atoms with E-state index in [1.807, 2.05) is 24.3 Å². The van der Waals surface area contributed by atoms with Crippen LogP contribution in [0.25, 0.3) is 5.65 Å². The average Bonchev–Trinajstić information content (AvgIpc) is 3.02. The average molecular weight is 342 g/mol. The predicted molar refractivity (Wildman–Crippen MR) is 93.6 cm³/mol. The lowest BCUT2D eigenvalue weighted by atomic mass is 10.3. The van der Waals surface area contributed by atoms with Crippen molar-refractivity contribution < 1.29 is 14.4 Å². The summed E-state index contributed by atoms with van der Waals surface area (Å²) in [5.74, 6) is 1.72. The Hall–Kier alpha value is -3.29. The van der Waals surface area contributed by atoms with Crippen molar-refractivity contribution in [3.05, 3.63) is 58.8 Å². The Morgan fingerprint density at radius 2 is 1.92 bits per heavy atom. The summed E-state index contributed by atoms with van der Waals surface area (Å²) < 4.78 is 12.2. The molecule has 25 heavy (non-hydrogen) atoms. The fraction of sp³-hybridized carbons (Fsp3) is 0.235. The molecule has 0 aliphatic carbocycles.